The van der Waals surface area contributed by atoms with E-state index in [0.29, 0.717) is 18.7 Å². The molecule has 21 heavy (non-hydrogen) atoms. The third kappa shape index (κ3) is 3.09. The van der Waals surface area contributed by atoms with Gasteiger partial charge in [0.15, 0.2) is 0 Å². The monoisotopic (exact) mass is 293 g/mol. The first-order valence-electron chi connectivity index (χ1n) is 7.67. The van der Waals surface area contributed by atoms with Gasteiger partial charge in [-0.1, -0.05) is 13.8 Å². The van der Waals surface area contributed by atoms with E-state index in [0.717, 1.165) is 25.7 Å². The number of hydrogen-bond acceptors (Lipinski definition) is 3. The molecule has 0 saturated carbocycles. The number of carbonyl (C=O) groups excluding carboxylic acids is 1. The molecule has 6 nitrogen and oxygen atoms in total. The third-order valence-electron chi connectivity index (χ3n) is 4.23. The van der Waals surface area contributed by atoms with Gasteiger partial charge < -0.3 is 10.0 Å². The van der Waals surface area contributed by atoms with Crippen LogP contribution in [-0.2, 0) is 4.79 Å². The van der Waals surface area contributed by atoms with Crippen LogP contribution in [0, 0.1) is 0 Å². The molecule has 1 atom stereocenters. The number of aromatic nitrogens is 2. The summed E-state index contributed by atoms with van der Waals surface area (Å²) in [5.74, 6) is -1.14. The maximum Gasteiger partial charge on any atom is 0.326 e. The number of carboxylic acids is 1. The standard InChI is InChI=1S/C15H23N3O3/c1-3-11(4-2)18-12(8-9-16-18)14(19)17-10-6-5-7-13(17)15(20)21/h8-9,11,13H,3-7,10H2,1-2H3,(H,20,21)/t13-/m0/s1. The minimum Gasteiger partial charge on any atom is -0.480 e. The Morgan fingerprint density at radius 3 is 2.71 bits per heavy atom. The van der Waals surface area contributed by atoms with Crippen LogP contribution in [0.25, 0.3) is 0 Å². The lowest BCUT2D eigenvalue weighted by Gasteiger charge is -2.33. The highest BCUT2D eigenvalue weighted by Crippen LogP contribution is 2.22. The third-order valence-corrected chi connectivity index (χ3v) is 4.23. The van der Waals surface area contributed by atoms with Crippen molar-refractivity contribution in [2.75, 3.05) is 6.54 Å². The van der Waals surface area contributed by atoms with E-state index in [1.807, 2.05) is 0 Å². The van der Waals surface area contributed by atoms with Crippen molar-refractivity contribution >= 4 is 11.9 Å². The summed E-state index contributed by atoms with van der Waals surface area (Å²) in [6.07, 6.45) is 5.63. The number of carboxylic acid groups (broad SMARTS) is 1. The van der Waals surface area contributed by atoms with Crippen LogP contribution in [0.15, 0.2) is 12.3 Å². The summed E-state index contributed by atoms with van der Waals surface area (Å²) in [6.45, 7) is 4.62. The Balaban J connectivity index is 2.27. The summed E-state index contributed by atoms with van der Waals surface area (Å²) in [5.41, 5.74) is 0.497. The van der Waals surface area contributed by atoms with Crippen LogP contribution in [0.2, 0.25) is 0 Å². The number of carbonyl (C=O) groups is 2. The van der Waals surface area contributed by atoms with E-state index < -0.39 is 12.0 Å². The van der Waals surface area contributed by atoms with E-state index in [1.54, 1.807) is 16.9 Å². The average molecular weight is 293 g/mol. The summed E-state index contributed by atoms with van der Waals surface area (Å²) < 4.78 is 1.75. The Hall–Kier alpha value is -1.85. The number of amides is 1. The highest BCUT2D eigenvalue weighted by Gasteiger charge is 2.34. The molecule has 2 heterocycles. The predicted molar refractivity (Wildman–Crippen MR) is 78.2 cm³/mol. The van der Waals surface area contributed by atoms with Crippen LogP contribution in [0.4, 0.5) is 0 Å². The number of nitrogens with zero attached hydrogens (tertiary/aromatic N) is 3. The lowest BCUT2D eigenvalue weighted by atomic mass is 10.0. The van der Waals surface area contributed by atoms with E-state index in [1.165, 1.54) is 4.90 Å². The summed E-state index contributed by atoms with van der Waals surface area (Å²) in [7, 11) is 0. The van der Waals surface area contributed by atoms with E-state index in [4.69, 9.17) is 0 Å². The molecule has 2 rings (SSSR count). The summed E-state index contributed by atoms with van der Waals surface area (Å²) in [5, 5.41) is 13.6. The fraction of sp³-hybridized carbons (Fsp3) is 0.667. The molecule has 6 heteroatoms. The second-order valence-corrected chi connectivity index (χ2v) is 5.48. The first-order chi connectivity index (χ1) is 10.1. The van der Waals surface area contributed by atoms with Crippen molar-refractivity contribution in [1.29, 1.82) is 0 Å². The van der Waals surface area contributed by atoms with Gasteiger partial charge in [-0.15, -0.1) is 0 Å². The van der Waals surface area contributed by atoms with Crippen LogP contribution in [0.5, 0.6) is 0 Å². The first-order valence-corrected chi connectivity index (χ1v) is 7.67. The van der Waals surface area contributed by atoms with Gasteiger partial charge in [0, 0.05) is 12.7 Å². The van der Waals surface area contributed by atoms with Gasteiger partial charge in [0.25, 0.3) is 5.91 Å². The van der Waals surface area contributed by atoms with Gasteiger partial charge in [0.1, 0.15) is 11.7 Å². The molecular formula is C15H23N3O3. The molecule has 0 spiro atoms. The summed E-state index contributed by atoms with van der Waals surface area (Å²) in [4.78, 5) is 25.6. The molecule has 1 saturated heterocycles. The van der Waals surface area contributed by atoms with Crippen molar-refractivity contribution in [3.63, 3.8) is 0 Å². The summed E-state index contributed by atoms with van der Waals surface area (Å²) >= 11 is 0. The van der Waals surface area contributed by atoms with Gasteiger partial charge in [-0.25, -0.2) is 4.79 Å². The van der Waals surface area contributed by atoms with E-state index in [2.05, 4.69) is 18.9 Å². The Bertz CT molecular complexity index is 508. The van der Waals surface area contributed by atoms with Gasteiger partial charge >= 0.3 is 5.97 Å². The molecule has 0 aromatic carbocycles. The Morgan fingerprint density at radius 1 is 1.38 bits per heavy atom. The number of hydrogen-bond donors (Lipinski definition) is 1. The Kier molecular flexibility index (Phi) is 4.98. The molecule has 0 bridgehead atoms. The van der Waals surface area contributed by atoms with Crippen LogP contribution < -0.4 is 0 Å². The molecule has 1 fully saturated rings. The molecule has 1 aliphatic rings. The minimum atomic E-state index is -0.920. The molecule has 116 valence electrons. The predicted octanol–water partition coefficient (Wildman–Crippen LogP) is 2.32. The fourth-order valence-electron chi connectivity index (χ4n) is 2.99. The molecule has 0 radical (unpaired) electrons. The van der Waals surface area contributed by atoms with Crippen molar-refractivity contribution < 1.29 is 14.7 Å². The van der Waals surface area contributed by atoms with Gasteiger partial charge in [-0.05, 0) is 38.2 Å². The normalized spacial score (nSPS) is 19.0. The van der Waals surface area contributed by atoms with Crippen LogP contribution in [0.3, 0.4) is 0 Å². The van der Waals surface area contributed by atoms with E-state index in [9.17, 15) is 14.7 Å². The molecule has 0 aliphatic carbocycles. The largest absolute Gasteiger partial charge is 0.480 e. The second kappa shape index (κ2) is 6.74. The van der Waals surface area contributed by atoms with Gasteiger partial charge in [0.2, 0.25) is 0 Å². The van der Waals surface area contributed by atoms with Crippen LogP contribution in [0.1, 0.15) is 62.5 Å². The maximum absolute atomic E-state index is 12.7. The smallest absolute Gasteiger partial charge is 0.326 e. The molecule has 0 unspecified atom stereocenters. The van der Waals surface area contributed by atoms with Crippen molar-refractivity contribution in [3.8, 4) is 0 Å². The zero-order chi connectivity index (χ0) is 15.4. The molecule has 1 aliphatic heterocycles. The first kappa shape index (κ1) is 15.5. The second-order valence-electron chi connectivity index (χ2n) is 5.48. The molecule has 1 N–H and O–H groups in total. The van der Waals surface area contributed by atoms with E-state index in [-0.39, 0.29) is 11.9 Å². The maximum atomic E-state index is 12.7. The van der Waals surface area contributed by atoms with E-state index >= 15 is 0 Å². The molecule has 1 amide bonds. The van der Waals surface area contributed by atoms with Crippen molar-refractivity contribution in [2.45, 2.75) is 58.0 Å². The summed E-state index contributed by atoms with van der Waals surface area (Å²) in [6, 6.07) is 1.15. The van der Waals surface area contributed by atoms with Gasteiger partial charge in [-0.2, -0.15) is 5.10 Å². The topological polar surface area (TPSA) is 75.4 Å². The molecule has 1 aromatic rings. The van der Waals surface area contributed by atoms with Gasteiger partial charge in [0.05, 0.1) is 6.04 Å². The minimum absolute atomic E-state index is 0.173. The van der Waals surface area contributed by atoms with Crippen molar-refractivity contribution in [2.24, 2.45) is 0 Å². The lowest BCUT2D eigenvalue weighted by molar-refractivity contribution is -0.143. The lowest BCUT2D eigenvalue weighted by Crippen LogP contribution is -2.48. The number of aliphatic carboxylic acids is 1. The number of rotatable bonds is 5. The fourth-order valence-corrected chi connectivity index (χ4v) is 2.99. The molecular weight excluding hydrogens is 270 g/mol. The SMILES string of the molecule is CCC(CC)n1nccc1C(=O)N1CCCC[C@H]1C(=O)O. The highest BCUT2D eigenvalue weighted by molar-refractivity contribution is 5.95. The number of likely N-dealkylation sites (tertiary alicyclic amines) is 1. The van der Waals surface area contributed by atoms with Crippen molar-refractivity contribution in [3.05, 3.63) is 18.0 Å². The Morgan fingerprint density at radius 2 is 2.10 bits per heavy atom. The van der Waals surface area contributed by atoms with Crippen LogP contribution in [-0.4, -0.2) is 44.3 Å². The van der Waals surface area contributed by atoms with Crippen molar-refractivity contribution in [1.82, 2.24) is 14.7 Å². The Labute approximate surface area is 124 Å². The van der Waals surface area contributed by atoms with Gasteiger partial charge in [-0.3, -0.25) is 9.48 Å². The zero-order valence-electron chi connectivity index (χ0n) is 12.7. The molecule has 1 aromatic heterocycles. The van der Waals surface area contributed by atoms with Crippen LogP contribution >= 0.6 is 0 Å². The zero-order valence-corrected chi connectivity index (χ0v) is 12.7. The highest BCUT2D eigenvalue weighted by atomic mass is 16.4. The number of piperidine rings is 1. The quantitative estimate of drug-likeness (QED) is 0.904. The average Bonchev–Trinajstić information content (AvgIpc) is 2.97.